The van der Waals surface area contributed by atoms with Gasteiger partial charge in [0, 0.05) is 43.8 Å². The monoisotopic (exact) mass is 752 g/mol. The van der Waals surface area contributed by atoms with Crippen LogP contribution in [0.2, 0.25) is 0 Å². The summed E-state index contributed by atoms with van der Waals surface area (Å²) in [5.74, 6) is 0.0343. The predicted octanol–water partition coefficient (Wildman–Crippen LogP) is 7.62. The average molecular weight is 753 g/mol. The lowest BCUT2D eigenvalue weighted by Gasteiger charge is -2.36. The van der Waals surface area contributed by atoms with E-state index in [2.05, 4.69) is 106 Å². The van der Waals surface area contributed by atoms with E-state index in [1.807, 2.05) is 49.5 Å². The van der Waals surface area contributed by atoms with Crippen molar-refractivity contribution >= 4 is 23.7 Å². The van der Waals surface area contributed by atoms with Gasteiger partial charge in [0.2, 0.25) is 0 Å². The van der Waals surface area contributed by atoms with Crippen molar-refractivity contribution in [3.05, 3.63) is 132 Å². The van der Waals surface area contributed by atoms with E-state index in [0.29, 0.717) is 32.7 Å². The number of nitrogens with one attached hydrogen (secondary N) is 2. The molecule has 0 spiro atoms. The molecule has 4 aromatic carbocycles. The van der Waals surface area contributed by atoms with Gasteiger partial charge < -0.3 is 30.0 Å². The number of alkyl carbamates (subject to hydrolysis) is 1. The lowest BCUT2D eigenvalue weighted by molar-refractivity contribution is -0.0907. The molecule has 0 unspecified atom stereocenters. The van der Waals surface area contributed by atoms with Gasteiger partial charge in [-0.05, 0) is 78.1 Å². The third kappa shape index (κ3) is 12.1. The molecule has 2 aliphatic rings. The van der Waals surface area contributed by atoms with Gasteiger partial charge in [-0.1, -0.05) is 111 Å². The highest BCUT2D eigenvalue weighted by atomic mass is 32.2. The Morgan fingerprint density at radius 1 is 0.907 bits per heavy atom. The highest BCUT2D eigenvalue weighted by molar-refractivity contribution is 7.97. The quantitative estimate of drug-likeness (QED) is 0.0837. The minimum atomic E-state index is -0.886. The van der Waals surface area contributed by atoms with E-state index in [1.54, 1.807) is 11.9 Å². The van der Waals surface area contributed by atoms with Crippen molar-refractivity contribution in [2.45, 2.75) is 75.6 Å². The lowest BCUT2D eigenvalue weighted by Crippen LogP contribution is -2.50. The molecule has 2 saturated heterocycles. The number of carbonyl (C=O) groups excluding carboxylic acids is 1. The predicted molar refractivity (Wildman–Crippen MR) is 216 cm³/mol. The van der Waals surface area contributed by atoms with Gasteiger partial charge in [-0.3, -0.25) is 4.90 Å². The highest BCUT2D eigenvalue weighted by Crippen LogP contribution is 2.34. The smallest absolute Gasteiger partial charge is 0.407 e. The number of rotatable bonds is 19. The first-order chi connectivity index (χ1) is 26.2. The van der Waals surface area contributed by atoms with Crippen molar-refractivity contribution < 1.29 is 24.1 Å². The third-order valence-electron chi connectivity index (χ3n) is 10.3. The van der Waals surface area contributed by atoms with Crippen LogP contribution in [-0.4, -0.2) is 84.8 Å². The first-order valence-corrected chi connectivity index (χ1v) is 19.9. The van der Waals surface area contributed by atoms with Crippen molar-refractivity contribution in [1.29, 1.82) is 0 Å². The minimum absolute atomic E-state index is 0.0343. The Morgan fingerprint density at radius 2 is 1.56 bits per heavy atom. The lowest BCUT2D eigenvalue weighted by atomic mass is 9.88. The molecule has 2 heterocycles. The Bertz CT molecular complexity index is 1670. The van der Waals surface area contributed by atoms with Gasteiger partial charge in [0.1, 0.15) is 6.10 Å². The number of benzene rings is 4. The number of carbonyl (C=O) groups is 1. The molecule has 6 rings (SSSR count). The maximum atomic E-state index is 13.4. The Labute approximate surface area is 325 Å². The van der Waals surface area contributed by atoms with Gasteiger partial charge in [-0.15, -0.1) is 0 Å². The molecule has 9 nitrogen and oxygen atoms in total. The van der Waals surface area contributed by atoms with Crippen LogP contribution < -0.4 is 10.6 Å². The van der Waals surface area contributed by atoms with Crippen LogP contribution >= 0.6 is 11.9 Å². The van der Waals surface area contributed by atoms with Crippen molar-refractivity contribution in [3.63, 3.8) is 0 Å². The van der Waals surface area contributed by atoms with Crippen molar-refractivity contribution in [1.82, 2.24) is 14.5 Å². The van der Waals surface area contributed by atoms with Crippen LogP contribution in [0.1, 0.15) is 43.4 Å². The molecule has 2 fully saturated rings. The number of nitrogens with zero attached hydrogens (tertiary/aromatic N) is 2. The number of ether oxygens (including phenoxy) is 3. The van der Waals surface area contributed by atoms with Gasteiger partial charge in [0.25, 0.3) is 0 Å². The number of hydrogen-bond donors (Lipinski definition) is 3. The molecule has 0 bridgehead atoms. The fourth-order valence-corrected chi connectivity index (χ4v) is 8.52. The first kappa shape index (κ1) is 39.8. The second-order valence-electron chi connectivity index (χ2n) is 15.3. The van der Waals surface area contributed by atoms with Crippen molar-refractivity contribution in [2.75, 3.05) is 45.2 Å². The van der Waals surface area contributed by atoms with Crippen LogP contribution in [0.5, 0.6) is 0 Å². The van der Waals surface area contributed by atoms with Crippen LogP contribution in [0.25, 0.3) is 0 Å². The van der Waals surface area contributed by atoms with Crippen LogP contribution in [0, 0.1) is 11.3 Å². The largest absolute Gasteiger partial charge is 0.443 e. The Kier molecular flexibility index (Phi) is 14.5. The molecule has 1 amide bonds. The summed E-state index contributed by atoms with van der Waals surface area (Å²) in [6, 6.07) is 39.0. The Balaban J connectivity index is 1.17. The number of anilines is 1. The SMILES string of the molecule is CNc1cccc(SN(C[C@@H](O)[C@H](Cc2ccccc2)NC(=O)O[C@H]2CO[C@H]3OCC[C@H]32)CC(C)(C)CCN(Cc2ccccc2)Cc2ccccc2)c1. The first-order valence-electron chi connectivity index (χ1n) is 19.2. The number of aliphatic hydroxyl groups is 1. The molecule has 0 saturated carbocycles. The van der Waals surface area contributed by atoms with E-state index in [-0.39, 0.29) is 23.7 Å². The Morgan fingerprint density at radius 3 is 2.20 bits per heavy atom. The molecule has 0 aliphatic carbocycles. The summed E-state index contributed by atoms with van der Waals surface area (Å²) >= 11 is 1.64. The number of hydrogen-bond acceptors (Lipinski definition) is 9. The molecule has 2 aliphatic heterocycles. The number of fused-ring (bicyclic) bond motifs is 1. The van der Waals surface area contributed by atoms with Gasteiger partial charge in [-0.2, -0.15) is 0 Å². The summed E-state index contributed by atoms with van der Waals surface area (Å²) < 4.78 is 19.5. The highest BCUT2D eigenvalue weighted by Gasteiger charge is 2.44. The van der Waals surface area contributed by atoms with E-state index in [0.717, 1.165) is 48.6 Å². The zero-order valence-corrected chi connectivity index (χ0v) is 32.6. The number of amides is 1. The zero-order valence-electron chi connectivity index (χ0n) is 31.8. The molecule has 54 heavy (non-hydrogen) atoms. The van der Waals surface area contributed by atoms with E-state index in [9.17, 15) is 9.90 Å². The standard InChI is InChI=1S/C44H56N4O5S/c1-44(2,23-24-47(28-34-16-9-5-10-17-34)29-35-18-11-6-12-19-35)32-48(54-37-21-13-20-36(27-37)45-3)30-40(49)39(26-33-14-7-4-8-15-33)46-43(50)53-41-31-52-42-38(41)22-25-51-42/h4-21,27,38-42,45,49H,22-26,28-32H2,1-3H3,(H,46,50)/t38-,39-,40+,41-,42+/m0/s1. The summed E-state index contributed by atoms with van der Waals surface area (Å²) in [7, 11) is 1.92. The summed E-state index contributed by atoms with van der Waals surface area (Å²) in [6.45, 7) is 9.22. The molecule has 288 valence electrons. The summed E-state index contributed by atoms with van der Waals surface area (Å²) in [4.78, 5) is 17.0. The van der Waals surface area contributed by atoms with Crippen LogP contribution in [0.15, 0.2) is 120 Å². The van der Waals surface area contributed by atoms with Crippen molar-refractivity contribution in [2.24, 2.45) is 11.3 Å². The van der Waals surface area contributed by atoms with Crippen molar-refractivity contribution in [3.8, 4) is 0 Å². The van der Waals surface area contributed by atoms with Crippen LogP contribution in [0.3, 0.4) is 0 Å². The second-order valence-corrected chi connectivity index (χ2v) is 16.4. The maximum Gasteiger partial charge on any atom is 0.407 e. The average Bonchev–Trinajstić information content (AvgIpc) is 3.80. The van der Waals surface area contributed by atoms with Crippen LogP contribution in [0.4, 0.5) is 10.5 Å². The number of aliphatic hydroxyl groups excluding tert-OH is 1. The van der Waals surface area contributed by atoms with Crippen LogP contribution in [-0.2, 0) is 33.7 Å². The molecular weight excluding hydrogens is 697 g/mol. The molecular formula is C44H56N4O5S. The maximum absolute atomic E-state index is 13.4. The van der Waals surface area contributed by atoms with Gasteiger partial charge in [0.05, 0.1) is 31.3 Å². The summed E-state index contributed by atoms with van der Waals surface area (Å²) in [5, 5.41) is 18.3. The van der Waals surface area contributed by atoms with E-state index in [4.69, 9.17) is 14.2 Å². The summed E-state index contributed by atoms with van der Waals surface area (Å²) in [5.41, 5.74) is 4.53. The Hall–Kier alpha value is -3.90. The molecule has 0 radical (unpaired) electrons. The van der Waals surface area contributed by atoms with Gasteiger partial charge in [0.15, 0.2) is 6.29 Å². The van der Waals surface area contributed by atoms with E-state index < -0.39 is 18.2 Å². The molecule has 3 N–H and O–H groups in total. The van der Waals surface area contributed by atoms with E-state index in [1.165, 1.54) is 11.1 Å². The minimum Gasteiger partial charge on any atom is -0.443 e. The van der Waals surface area contributed by atoms with Gasteiger partial charge >= 0.3 is 6.09 Å². The molecule has 0 aromatic heterocycles. The fraction of sp³-hybridized carbons (Fsp3) is 0.432. The fourth-order valence-electron chi connectivity index (χ4n) is 7.26. The molecule has 10 heteroatoms. The van der Waals surface area contributed by atoms with E-state index >= 15 is 0 Å². The zero-order chi connectivity index (χ0) is 37.8. The van der Waals surface area contributed by atoms with Gasteiger partial charge in [-0.25, -0.2) is 9.10 Å². The molecule has 5 atom stereocenters. The molecule has 4 aromatic rings. The third-order valence-corrected chi connectivity index (χ3v) is 11.3. The topological polar surface area (TPSA) is 95.5 Å². The summed E-state index contributed by atoms with van der Waals surface area (Å²) in [6.07, 6.45) is 0.0849. The normalized spacial score (nSPS) is 19.4. The second kappa shape index (κ2) is 19.6.